The van der Waals surface area contributed by atoms with Crippen LogP contribution in [0, 0.1) is 0 Å². The highest BCUT2D eigenvalue weighted by atomic mass is 35.5. The summed E-state index contributed by atoms with van der Waals surface area (Å²) in [7, 11) is 0. The first-order valence-corrected chi connectivity index (χ1v) is 11.4. The van der Waals surface area contributed by atoms with E-state index in [9.17, 15) is 9.59 Å². The van der Waals surface area contributed by atoms with Gasteiger partial charge in [-0.15, -0.1) is 17.9 Å². The SMILES string of the molecule is C=CCN(C(=O)CCc1nc2ccccc2c(=O)[nH]1)c1nc(-c2ccc(Cl)c(Cl)c2)cs1. The zero-order chi connectivity index (χ0) is 22.7. The minimum atomic E-state index is -0.216. The Morgan fingerprint density at radius 1 is 1.16 bits per heavy atom. The zero-order valence-electron chi connectivity index (χ0n) is 16.8. The van der Waals surface area contributed by atoms with E-state index in [2.05, 4.69) is 21.5 Å². The van der Waals surface area contributed by atoms with Crippen LogP contribution >= 0.6 is 34.5 Å². The topological polar surface area (TPSA) is 79.0 Å². The van der Waals surface area contributed by atoms with Crippen molar-refractivity contribution in [1.29, 1.82) is 0 Å². The van der Waals surface area contributed by atoms with Crippen molar-refractivity contribution in [2.45, 2.75) is 12.8 Å². The molecule has 0 radical (unpaired) electrons. The molecule has 2 heterocycles. The highest BCUT2D eigenvalue weighted by Gasteiger charge is 2.19. The van der Waals surface area contributed by atoms with Gasteiger partial charge in [-0.3, -0.25) is 14.5 Å². The minimum absolute atomic E-state index is 0.143. The Balaban J connectivity index is 1.52. The molecule has 0 saturated heterocycles. The first kappa shape index (κ1) is 22.2. The number of carbonyl (C=O) groups is 1. The molecule has 4 rings (SSSR count). The van der Waals surface area contributed by atoms with E-state index in [4.69, 9.17) is 23.2 Å². The average Bonchev–Trinajstić information content (AvgIpc) is 3.27. The smallest absolute Gasteiger partial charge is 0.258 e. The number of aromatic nitrogens is 3. The van der Waals surface area contributed by atoms with Gasteiger partial charge in [0.25, 0.3) is 5.56 Å². The summed E-state index contributed by atoms with van der Waals surface area (Å²) >= 11 is 13.5. The molecule has 0 aliphatic rings. The monoisotopic (exact) mass is 484 g/mol. The summed E-state index contributed by atoms with van der Waals surface area (Å²) in [6.07, 6.45) is 2.11. The lowest BCUT2D eigenvalue weighted by atomic mass is 10.2. The number of nitrogens with one attached hydrogen (secondary N) is 1. The lowest BCUT2D eigenvalue weighted by Gasteiger charge is -2.18. The van der Waals surface area contributed by atoms with Gasteiger partial charge in [-0.1, -0.05) is 47.5 Å². The maximum atomic E-state index is 13.0. The summed E-state index contributed by atoms with van der Waals surface area (Å²) in [5, 5.41) is 3.84. The van der Waals surface area contributed by atoms with Crippen molar-refractivity contribution < 1.29 is 4.79 Å². The molecular formula is C23H18Cl2N4O2S. The van der Waals surface area contributed by atoms with Gasteiger partial charge in [0.05, 0.1) is 26.6 Å². The fraction of sp³-hybridized carbons (Fsp3) is 0.130. The fourth-order valence-electron chi connectivity index (χ4n) is 3.21. The van der Waals surface area contributed by atoms with Crippen LogP contribution in [0.4, 0.5) is 5.13 Å². The summed E-state index contributed by atoms with van der Waals surface area (Å²) in [5.74, 6) is 0.326. The second kappa shape index (κ2) is 9.65. The molecule has 6 nitrogen and oxygen atoms in total. The molecule has 2 aromatic carbocycles. The molecule has 32 heavy (non-hydrogen) atoms. The molecule has 0 fully saturated rings. The number of benzene rings is 2. The van der Waals surface area contributed by atoms with Gasteiger partial charge in [-0.2, -0.15) is 0 Å². The first-order chi connectivity index (χ1) is 15.5. The van der Waals surface area contributed by atoms with E-state index in [-0.39, 0.29) is 17.9 Å². The number of carbonyl (C=O) groups excluding carboxylic acids is 1. The predicted octanol–water partition coefficient (Wildman–Crippen LogP) is 5.51. The van der Waals surface area contributed by atoms with E-state index in [1.54, 1.807) is 41.3 Å². The van der Waals surface area contributed by atoms with Gasteiger partial charge < -0.3 is 4.98 Å². The molecule has 0 spiro atoms. The van der Waals surface area contributed by atoms with Crippen molar-refractivity contribution in [2.75, 3.05) is 11.4 Å². The van der Waals surface area contributed by atoms with Gasteiger partial charge >= 0.3 is 0 Å². The summed E-state index contributed by atoms with van der Waals surface area (Å²) in [6.45, 7) is 4.06. The van der Waals surface area contributed by atoms with E-state index >= 15 is 0 Å². The van der Waals surface area contributed by atoms with Gasteiger partial charge in [-0.25, -0.2) is 9.97 Å². The van der Waals surface area contributed by atoms with Crippen LogP contribution in [0.3, 0.4) is 0 Å². The number of hydrogen-bond acceptors (Lipinski definition) is 5. The lowest BCUT2D eigenvalue weighted by Crippen LogP contribution is -2.31. The molecule has 0 aliphatic carbocycles. The average molecular weight is 485 g/mol. The number of rotatable bonds is 7. The number of nitrogens with zero attached hydrogens (tertiary/aromatic N) is 3. The number of halogens is 2. The molecule has 162 valence electrons. The maximum absolute atomic E-state index is 13.0. The van der Waals surface area contributed by atoms with Gasteiger partial charge in [0.15, 0.2) is 5.13 Å². The van der Waals surface area contributed by atoms with Crippen LogP contribution in [0.25, 0.3) is 22.2 Å². The molecule has 0 bridgehead atoms. The summed E-state index contributed by atoms with van der Waals surface area (Å²) in [5.41, 5.74) is 1.90. The number of aryl methyl sites for hydroxylation is 1. The zero-order valence-corrected chi connectivity index (χ0v) is 19.2. The second-order valence-electron chi connectivity index (χ2n) is 6.97. The number of thiazole rings is 1. The number of aromatic amines is 1. The summed E-state index contributed by atoms with van der Waals surface area (Å²) in [6, 6.07) is 12.4. The Bertz CT molecular complexity index is 1370. The van der Waals surface area contributed by atoms with Crippen molar-refractivity contribution in [1.82, 2.24) is 15.0 Å². The fourth-order valence-corrected chi connectivity index (χ4v) is 4.36. The van der Waals surface area contributed by atoms with Crippen molar-refractivity contribution in [3.63, 3.8) is 0 Å². The molecule has 0 atom stereocenters. The van der Waals surface area contributed by atoms with Gasteiger partial charge in [0, 0.05) is 30.3 Å². The standard InChI is InChI=1S/C23H18Cl2N4O2S/c1-2-11-29(23-27-19(13-32-23)14-7-8-16(24)17(25)12-14)21(30)10-9-20-26-18-6-4-3-5-15(18)22(31)28-20/h2-8,12-13H,1,9-11H2,(H,26,28,31). The molecule has 9 heteroatoms. The highest BCUT2D eigenvalue weighted by molar-refractivity contribution is 7.14. The van der Waals surface area contributed by atoms with Crippen molar-refractivity contribution in [3.8, 4) is 11.3 Å². The third kappa shape index (κ3) is 4.75. The van der Waals surface area contributed by atoms with Gasteiger partial charge in [0.1, 0.15) is 5.82 Å². The van der Waals surface area contributed by atoms with E-state index in [1.807, 2.05) is 17.5 Å². The van der Waals surface area contributed by atoms with Crippen molar-refractivity contribution in [2.24, 2.45) is 0 Å². The summed E-state index contributed by atoms with van der Waals surface area (Å²) < 4.78 is 0. The molecule has 2 aromatic heterocycles. The van der Waals surface area contributed by atoms with Crippen LogP contribution in [-0.2, 0) is 11.2 Å². The van der Waals surface area contributed by atoms with Crippen molar-refractivity contribution in [3.05, 3.63) is 86.7 Å². The molecule has 0 saturated carbocycles. The normalized spacial score (nSPS) is 10.9. The number of hydrogen-bond donors (Lipinski definition) is 1. The third-order valence-corrected chi connectivity index (χ3v) is 6.39. The predicted molar refractivity (Wildman–Crippen MR) is 131 cm³/mol. The first-order valence-electron chi connectivity index (χ1n) is 9.76. The van der Waals surface area contributed by atoms with E-state index in [1.165, 1.54) is 11.3 Å². The number of amides is 1. The highest BCUT2D eigenvalue weighted by Crippen LogP contribution is 2.32. The van der Waals surface area contributed by atoms with Crippen LogP contribution in [-0.4, -0.2) is 27.4 Å². The largest absolute Gasteiger partial charge is 0.310 e. The van der Waals surface area contributed by atoms with E-state index in [0.717, 1.165) is 5.56 Å². The number of para-hydroxylation sites is 1. The van der Waals surface area contributed by atoms with Crippen LogP contribution < -0.4 is 10.5 Å². The quantitative estimate of drug-likeness (QED) is 0.351. The maximum Gasteiger partial charge on any atom is 0.258 e. The van der Waals surface area contributed by atoms with Crippen molar-refractivity contribution >= 4 is 56.5 Å². The number of fused-ring (bicyclic) bond motifs is 1. The third-order valence-electron chi connectivity index (χ3n) is 4.79. The summed E-state index contributed by atoms with van der Waals surface area (Å²) in [4.78, 5) is 38.6. The number of H-pyrrole nitrogens is 1. The number of anilines is 1. The Morgan fingerprint density at radius 3 is 2.75 bits per heavy atom. The van der Waals surface area contributed by atoms with Crippen LogP contribution in [0.2, 0.25) is 10.0 Å². The van der Waals surface area contributed by atoms with Gasteiger partial charge in [-0.05, 0) is 24.3 Å². The van der Waals surface area contributed by atoms with E-state index in [0.29, 0.717) is 50.6 Å². The van der Waals surface area contributed by atoms with Crippen LogP contribution in [0.1, 0.15) is 12.2 Å². The Labute approximate surface area is 198 Å². The van der Waals surface area contributed by atoms with Gasteiger partial charge in [0.2, 0.25) is 5.91 Å². The Hall–Kier alpha value is -3.00. The Morgan fingerprint density at radius 2 is 1.97 bits per heavy atom. The second-order valence-corrected chi connectivity index (χ2v) is 8.62. The Kier molecular flexibility index (Phi) is 6.69. The minimum Gasteiger partial charge on any atom is -0.310 e. The molecular weight excluding hydrogens is 467 g/mol. The van der Waals surface area contributed by atoms with Crippen LogP contribution in [0.5, 0.6) is 0 Å². The molecule has 4 aromatic rings. The molecule has 0 unspecified atom stereocenters. The molecule has 1 amide bonds. The lowest BCUT2D eigenvalue weighted by molar-refractivity contribution is -0.118. The molecule has 0 aliphatic heterocycles. The van der Waals surface area contributed by atoms with E-state index < -0.39 is 0 Å². The molecule has 1 N–H and O–H groups in total. The van der Waals surface area contributed by atoms with Crippen LogP contribution in [0.15, 0.2) is 65.3 Å².